The lowest BCUT2D eigenvalue weighted by atomic mass is 9.86. The number of hydrogen-bond acceptors (Lipinski definition) is 8. The number of rotatable bonds is 24. The summed E-state index contributed by atoms with van der Waals surface area (Å²) in [6.45, 7) is 16.4. The highest BCUT2D eigenvalue weighted by Crippen LogP contribution is 2.24. The molecular formula is C27H56N6O3S2. The van der Waals surface area contributed by atoms with Crippen LogP contribution in [0.4, 0.5) is 0 Å². The molecule has 0 saturated heterocycles. The van der Waals surface area contributed by atoms with E-state index in [1.165, 1.54) is 0 Å². The van der Waals surface area contributed by atoms with Crippen molar-refractivity contribution in [2.75, 3.05) is 50.8 Å². The summed E-state index contributed by atoms with van der Waals surface area (Å²) in [6.07, 6.45) is 5.57. The van der Waals surface area contributed by atoms with Crippen LogP contribution in [0.5, 0.6) is 0 Å². The number of nitrogens with two attached hydrogens (primary N) is 1. The number of nitrogens with one attached hydrogen (secondary N) is 5. The van der Waals surface area contributed by atoms with Crippen LogP contribution in [0, 0.1) is 5.41 Å². The van der Waals surface area contributed by atoms with E-state index in [0.29, 0.717) is 45.6 Å². The van der Waals surface area contributed by atoms with Crippen molar-refractivity contribution in [3.8, 4) is 0 Å². The molecule has 0 bridgehead atoms. The Labute approximate surface area is 239 Å². The molecule has 3 amide bonds. The van der Waals surface area contributed by atoms with Crippen molar-refractivity contribution in [1.29, 1.82) is 0 Å². The minimum atomic E-state index is -0.227. The molecule has 1 atom stereocenters. The molecule has 11 heteroatoms. The molecule has 0 aromatic carbocycles. The van der Waals surface area contributed by atoms with E-state index in [2.05, 4.69) is 68.1 Å². The van der Waals surface area contributed by atoms with Crippen LogP contribution in [0.15, 0.2) is 0 Å². The van der Waals surface area contributed by atoms with Crippen molar-refractivity contribution >= 4 is 39.3 Å². The monoisotopic (exact) mass is 576 g/mol. The van der Waals surface area contributed by atoms with Gasteiger partial charge in [0.15, 0.2) is 0 Å². The van der Waals surface area contributed by atoms with E-state index in [4.69, 9.17) is 5.73 Å². The minimum Gasteiger partial charge on any atom is -0.355 e. The normalized spacial score (nSPS) is 12.7. The van der Waals surface area contributed by atoms with Gasteiger partial charge in [0.25, 0.3) is 0 Å². The second-order valence-electron chi connectivity index (χ2n) is 11.0. The Kier molecular flexibility index (Phi) is 21.2. The van der Waals surface area contributed by atoms with Gasteiger partial charge in [-0.1, -0.05) is 62.1 Å². The predicted octanol–water partition coefficient (Wildman–Crippen LogP) is 2.80. The van der Waals surface area contributed by atoms with Crippen molar-refractivity contribution < 1.29 is 14.4 Å². The Hall–Kier alpha value is -1.01. The van der Waals surface area contributed by atoms with E-state index in [1.807, 2.05) is 0 Å². The summed E-state index contributed by atoms with van der Waals surface area (Å²) >= 11 is 0. The summed E-state index contributed by atoms with van der Waals surface area (Å²) in [7, 11) is 3.42. The molecule has 0 fully saturated rings. The van der Waals surface area contributed by atoms with Gasteiger partial charge in [-0.15, -0.1) is 0 Å². The summed E-state index contributed by atoms with van der Waals surface area (Å²) in [5.41, 5.74) is 5.47. The van der Waals surface area contributed by atoms with Crippen LogP contribution >= 0.6 is 21.6 Å². The third kappa shape index (κ3) is 20.9. The molecule has 0 aliphatic carbocycles. The van der Waals surface area contributed by atoms with Crippen LogP contribution in [0.25, 0.3) is 0 Å². The Balaban J connectivity index is 3.80. The minimum absolute atomic E-state index is 0.0106. The largest absolute Gasteiger partial charge is 0.355 e. The van der Waals surface area contributed by atoms with Crippen molar-refractivity contribution in [3.05, 3.63) is 0 Å². The molecule has 0 spiro atoms. The van der Waals surface area contributed by atoms with Crippen LogP contribution in [-0.4, -0.2) is 80.1 Å². The number of amides is 3. The molecule has 9 nitrogen and oxygen atoms in total. The Morgan fingerprint density at radius 1 is 0.789 bits per heavy atom. The number of hydrogen-bond donors (Lipinski definition) is 6. The van der Waals surface area contributed by atoms with Crippen LogP contribution in [0.3, 0.4) is 0 Å². The maximum atomic E-state index is 12.5. The maximum absolute atomic E-state index is 12.5. The molecule has 38 heavy (non-hydrogen) atoms. The first kappa shape index (κ1) is 37.0. The van der Waals surface area contributed by atoms with Gasteiger partial charge in [0.1, 0.15) is 0 Å². The highest BCUT2D eigenvalue weighted by molar-refractivity contribution is 8.76. The van der Waals surface area contributed by atoms with Gasteiger partial charge >= 0.3 is 0 Å². The van der Waals surface area contributed by atoms with Gasteiger partial charge in [0.2, 0.25) is 17.7 Å². The summed E-state index contributed by atoms with van der Waals surface area (Å²) in [5.74, 6) is 1.87. The van der Waals surface area contributed by atoms with Gasteiger partial charge in [0, 0.05) is 62.6 Å². The first-order valence-corrected chi connectivity index (χ1v) is 16.7. The van der Waals surface area contributed by atoms with Gasteiger partial charge in [-0.3, -0.25) is 14.4 Å². The topological polar surface area (TPSA) is 137 Å². The molecule has 0 saturated carbocycles. The number of carbonyl (C=O) groups excluding carboxylic acids is 3. The SMILES string of the molecule is CCC(C)(C)CC(=O)NCCSSCCNC(=O)CCNCCCCC(NC(C)(C)CC)C(=O)NCCN. The van der Waals surface area contributed by atoms with Crippen LogP contribution in [-0.2, 0) is 14.4 Å². The highest BCUT2D eigenvalue weighted by Gasteiger charge is 2.25. The molecule has 224 valence electrons. The number of unbranched alkanes of at least 4 members (excludes halogenated alkanes) is 1. The summed E-state index contributed by atoms with van der Waals surface area (Å²) in [4.78, 5) is 36.4. The zero-order valence-electron chi connectivity index (χ0n) is 24.8. The first-order chi connectivity index (χ1) is 18.0. The smallest absolute Gasteiger partial charge is 0.237 e. The van der Waals surface area contributed by atoms with E-state index in [9.17, 15) is 14.4 Å². The number of carbonyl (C=O) groups is 3. The van der Waals surface area contributed by atoms with Gasteiger partial charge in [-0.05, 0) is 45.1 Å². The predicted molar refractivity (Wildman–Crippen MR) is 164 cm³/mol. The molecule has 1 unspecified atom stereocenters. The molecule has 0 aromatic rings. The van der Waals surface area contributed by atoms with Gasteiger partial charge in [0.05, 0.1) is 6.04 Å². The van der Waals surface area contributed by atoms with Crippen LogP contribution in [0.2, 0.25) is 0 Å². The lowest BCUT2D eigenvalue weighted by molar-refractivity contribution is -0.124. The molecule has 0 heterocycles. The third-order valence-corrected chi connectivity index (χ3v) is 8.94. The quantitative estimate of drug-likeness (QED) is 0.0762. The standard InChI is InChI=1S/C27H56N6O3S2/c1-7-26(3,4)21-24(35)31-18-20-38-37-19-17-30-23(34)12-15-29-14-10-9-11-22(25(36)32-16-13-28)33-27(5,6)8-2/h22,29,33H,7-21,28H2,1-6H3,(H,30,34)(H,31,35)(H,32,36). The lowest BCUT2D eigenvalue weighted by Gasteiger charge is -2.30. The molecule has 0 aliphatic heterocycles. The molecule has 0 radical (unpaired) electrons. The average Bonchev–Trinajstić information content (AvgIpc) is 2.87. The molecule has 7 N–H and O–H groups in total. The van der Waals surface area contributed by atoms with Crippen molar-refractivity contribution in [2.45, 2.75) is 98.1 Å². The highest BCUT2D eigenvalue weighted by atomic mass is 33.1. The Morgan fingerprint density at radius 3 is 2.00 bits per heavy atom. The van der Waals surface area contributed by atoms with Crippen molar-refractivity contribution in [2.24, 2.45) is 11.1 Å². The van der Waals surface area contributed by atoms with Crippen LogP contribution in [0.1, 0.15) is 86.5 Å². The second kappa shape index (κ2) is 21.8. The third-order valence-electron chi connectivity index (χ3n) is 6.53. The maximum Gasteiger partial charge on any atom is 0.237 e. The van der Waals surface area contributed by atoms with Gasteiger partial charge in [-0.25, -0.2) is 0 Å². The first-order valence-electron chi connectivity index (χ1n) is 14.2. The fraction of sp³-hybridized carbons (Fsp3) is 0.889. The Morgan fingerprint density at radius 2 is 1.42 bits per heavy atom. The van der Waals surface area contributed by atoms with E-state index in [1.54, 1.807) is 21.6 Å². The van der Waals surface area contributed by atoms with E-state index >= 15 is 0 Å². The molecule has 0 aliphatic rings. The van der Waals surface area contributed by atoms with Crippen molar-refractivity contribution in [1.82, 2.24) is 26.6 Å². The van der Waals surface area contributed by atoms with E-state index in [-0.39, 0.29) is 34.7 Å². The molecule has 0 aromatic heterocycles. The van der Waals surface area contributed by atoms with E-state index < -0.39 is 0 Å². The van der Waals surface area contributed by atoms with Gasteiger partial charge < -0.3 is 32.3 Å². The second-order valence-corrected chi connectivity index (χ2v) is 13.8. The summed E-state index contributed by atoms with van der Waals surface area (Å²) < 4.78 is 0. The van der Waals surface area contributed by atoms with E-state index in [0.717, 1.165) is 50.2 Å². The fourth-order valence-corrected chi connectivity index (χ4v) is 5.19. The Bertz CT molecular complexity index is 665. The lowest BCUT2D eigenvalue weighted by Crippen LogP contribution is -2.53. The zero-order valence-corrected chi connectivity index (χ0v) is 26.4. The molecular weight excluding hydrogens is 520 g/mol. The zero-order chi connectivity index (χ0) is 28.9. The van der Waals surface area contributed by atoms with Gasteiger partial charge in [-0.2, -0.15) is 0 Å². The summed E-state index contributed by atoms with van der Waals surface area (Å²) in [6, 6.07) is -0.227. The summed E-state index contributed by atoms with van der Waals surface area (Å²) in [5, 5.41) is 15.6. The van der Waals surface area contributed by atoms with Crippen molar-refractivity contribution in [3.63, 3.8) is 0 Å². The molecule has 0 rings (SSSR count). The average molecular weight is 577 g/mol. The fourth-order valence-electron chi connectivity index (χ4n) is 3.38. The van der Waals surface area contributed by atoms with Crippen LogP contribution < -0.4 is 32.3 Å².